The second-order valence-electron chi connectivity index (χ2n) is 9.19. The zero-order chi connectivity index (χ0) is 27.0. The molecular weight excluding hydrogens is 503 g/mol. The minimum Gasteiger partial charge on any atom is -0.380 e. The molecule has 3 N–H and O–H groups in total. The second-order valence-corrected chi connectivity index (χ2v) is 9.19. The standard InChI is InChI=1S/C23H25F5N6O3/c1-33-19(34-9-8-29-12-34)3-2-17(32-33)21(36)31-18-11-16(25)15(24)10-14(18)20(35)30-13-4-6-22(37,7-5-13)23(26,27)28/h8-13,19,37H,2-7H2,1H3,(H,30,35)(H,31,36). The summed E-state index contributed by atoms with van der Waals surface area (Å²) in [6.07, 6.45) is -0.796. The molecule has 2 heterocycles. The lowest BCUT2D eigenvalue weighted by atomic mass is 9.81. The molecule has 14 heteroatoms. The first kappa shape index (κ1) is 26.5. The van der Waals surface area contributed by atoms with Gasteiger partial charge in [0.15, 0.2) is 17.2 Å². The third-order valence-electron chi connectivity index (χ3n) is 6.71. The molecule has 9 nitrogen and oxygen atoms in total. The second kappa shape index (κ2) is 10.1. The molecule has 200 valence electrons. The van der Waals surface area contributed by atoms with E-state index in [0.29, 0.717) is 18.6 Å². The van der Waals surface area contributed by atoms with E-state index in [9.17, 15) is 36.6 Å². The Labute approximate surface area is 208 Å². The summed E-state index contributed by atoms with van der Waals surface area (Å²) < 4.78 is 68.9. The summed E-state index contributed by atoms with van der Waals surface area (Å²) >= 11 is 0. The van der Waals surface area contributed by atoms with E-state index in [1.807, 2.05) is 4.57 Å². The van der Waals surface area contributed by atoms with Crippen LogP contribution in [0.4, 0.5) is 27.6 Å². The number of nitrogens with one attached hydrogen (secondary N) is 2. The molecule has 1 fully saturated rings. The first-order chi connectivity index (χ1) is 17.4. The van der Waals surface area contributed by atoms with E-state index in [-0.39, 0.29) is 36.8 Å². The first-order valence-electron chi connectivity index (χ1n) is 11.6. The predicted molar refractivity (Wildman–Crippen MR) is 121 cm³/mol. The number of benzene rings is 1. The maximum absolute atomic E-state index is 14.0. The van der Waals surface area contributed by atoms with Gasteiger partial charge in [0.2, 0.25) is 0 Å². The van der Waals surface area contributed by atoms with Gasteiger partial charge in [-0.05, 0) is 38.2 Å². The summed E-state index contributed by atoms with van der Waals surface area (Å²) in [5.74, 6) is -4.26. The molecule has 0 bridgehead atoms. The van der Waals surface area contributed by atoms with Crippen LogP contribution in [0.15, 0.2) is 36.0 Å². The van der Waals surface area contributed by atoms with Gasteiger partial charge in [-0.2, -0.15) is 18.3 Å². The summed E-state index contributed by atoms with van der Waals surface area (Å²) in [5, 5.41) is 20.5. The normalized spacial score (nSPS) is 24.4. The lowest BCUT2D eigenvalue weighted by molar-refractivity contribution is -0.270. The van der Waals surface area contributed by atoms with Crippen LogP contribution < -0.4 is 10.6 Å². The summed E-state index contributed by atoms with van der Waals surface area (Å²) in [7, 11) is 1.66. The van der Waals surface area contributed by atoms with Crippen molar-refractivity contribution in [3.05, 3.63) is 48.1 Å². The number of nitrogens with zero attached hydrogens (tertiary/aromatic N) is 4. The molecule has 2 amide bonds. The van der Waals surface area contributed by atoms with E-state index >= 15 is 0 Å². The van der Waals surface area contributed by atoms with Crippen LogP contribution in [0.1, 0.15) is 55.0 Å². The summed E-state index contributed by atoms with van der Waals surface area (Å²) in [4.78, 5) is 29.7. The molecule has 2 aliphatic rings. The average molecular weight is 528 g/mol. The number of hydrazone groups is 1. The third-order valence-corrected chi connectivity index (χ3v) is 6.71. The lowest BCUT2D eigenvalue weighted by Crippen LogP contribution is -2.51. The minimum atomic E-state index is -4.80. The minimum absolute atomic E-state index is 0.105. The molecule has 2 aromatic rings. The average Bonchev–Trinajstić information content (AvgIpc) is 3.36. The van der Waals surface area contributed by atoms with Crippen LogP contribution in [-0.2, 0) is 4.79 Å². The van der Waals surface area contributed by atoms with Crippen molar-refractivity contribution >= 4 is 23.2 Å². The molecule has 4 rings (SSSR count). The Morgan fingerprint density at radius 2 is 1.78 bits per heavy atom. The maximum Gasteiger partial charge on any atom is 0.417 e. The monoisotopic (exact) mass is 528 g/mol. The largest absolute Gasteiger partial charge is 0.417 e. The molecule has 1 aromatic heterocycles. The highest BCUT2D eigenvalue weighted by Crippen LogP contribution is 2.41. The number of halogens is 5. The van der Waals surface area contributed by atoms with Crippen LogP contribution in [-0.4, -0.2) is 62.1 Å². The van der Waals surface area contributed by atoms with E-state index < -0.39 is 59.7 Å². The van der Waals surface area contributed by atoms with Crippen molar-refractivity contribution in [1.29, 1.82) is 0 Å². The van der Waals surface area contributed by atoms with Crippen LogP contribution in [0.5, 0.6) is 0 Å². The number of carbonyl (C=O) groups excluding carboxylic acids is 2. The number of rotatable bonds is 5. The molecule has 0 spiro atoms. The molecule has 1 atom stereocenters. The van der Waals surface area contributed by atoms with Gasteiger partial charge in [-0.25, -0.2) is 13.8 Å². The van der Waals surface area contributed by atoms with Crippen molar-refractivity contribution in [2.75, 3.05) is 12.4 Å². The zero-order valence-electron chi connectivity index (χ0n) is 19.7. The van der Waals surface area contributed by atoms with E-state index in [4.69, 9.17) is 0 Å². The highest BCUT2D eigenvalue weighted by atomic mass is 19.4. The highest BCUT2D eigenvalue weighted by molar-refractivity contribution is 6.43. The fourth-order valence-corrected chi connectivity index (χ4v) is 4.53. The van der Waals surface area contributed by atoms with E-state index in [0.717, 1.165) is 0 Å². The lowest BCUT2D eigenvalue weighted by Gasteiger charge is -2.37. The number of amides is 2. The number of aromatic nitrogens is 2. The maximum atomic E-state index is 14.0. The van der Waals surface area contributed by atoms with Crippen molar-refractivity contribution in [2.45, 2.75) is 62.5 Å². The third kappa shape index (κ3) is 5.58. The Balaban J connectivity index is 1.46. The van der Waals surface area contributed by atoms with Gasteiger partial charge < -0.3 is 20.3 Å². The summed E-state index contributed by atoms with van der Waals surface area (Å²) in [6.45, 7) is 0. The van der Waals surface area contributed by atoms with E-state index in [1.165, 1.54) is 0 Å². The molecule has 1 unspecified atom stereocenters. The van der Waals surface area contributed by atoms with Crippen molar-refractivity contribution in [3.8, 4) is 0 Å². The zero-order valence-corrected chi connectivity index (χ0v) is 19.7. The number of hydrogen-bond acceptors (Lipinski definition) is 6. The van der Waals surface area contributed by atoms with Gasteiger partial charge in [0, 0.05) is 38.0 Å². The fraction of sp³-hybridized carbons (Fsp3) is 0.478. The topological polar surface area (TPSA) is 112 Å². The first-order valence-corrected chi connectivity index (χ1v) is 11.6. The van der Waals surface area contributed by atoms with Gasteiger partial charge in [-0.15, -0.1) is 0 Å². The molecule has 1 aliphatic heterocycles. The number of imidazole rings is 1. The van der Waals surface area contributed by atoms with Crippen LogP contribution in [0.25, 0.3) is 0 Å². The van der Waals surface area contributed by atoms with Gasteiger partial charge in [0.1, 0.15) is 11.9 Å². The number of anilines is 1. The van der Waals surface area contributed by atoms with E-state index in [1.54, 1.807) is 30.8 Å². The van der Waals surface area contributed by atoms with Crippen LogP contribution in [0.2, 0.25) is 0 Å². The number of carbonyl (C=O) groups is 2. The smallest absolute Gasteiger partial charge is 0.380 e. The molecule has 0 radical (unpaired) electrons. The summed E-state index contributed by atoms with van der Waals surface area (Å²) in [6, 6.07) is 0.537. The van der Waals surface area contributed by atoms with Crippen molar-refractivity contribution < 1.29 is 36.6 Å². The molecule has 1 aliphatic carbocycles. The van der Waals surface area contributed by atoms with Crippen LogP contribution >= 0.6 is 0 Å². The Morgan fingerprint density at radius 3 is 2.38 bits per heavy atom. The van der Waals surface area contributed by atoms with Crippen molar-refractivity contribution in [2.24, 2.45) is 5.10 Å². The van der Waals surface area contributed by atoms with Gasteiger partial charge in [0.25, 0.3) is 11.8 Å². The van der Waals surface area contributed by atoms with Crippen molar-refractivity contribution in [3.63, 3.8) is 0 Å². The van der Waals surface area contributed by atoms with Gasteiger partial charge >= 0.3 is 6.18 Å². The number of aliphatic hydroxyl groups is 1. The SMILES string of the molecule is CN1N=C(C(=O)Nc2cc(F)c(F)cc2C(=O)NC2CCC(O)(C(F)(F)F)CC2)CCC1n1ccnc1. The highest BCUT2D eigenvalue weighted by Gasteiger charge is 2.54. The quantitative estimate of drug-likeness (QED) is 0.516. The molecule has 0 saturated heterocycles. The Hall–Kier alpha value is -3.55. The van der Waals surface area contributed by atoms with Crippen LogP contribution in [0, 0.1) is 11.6 Å². The van der Waals surface area contributed by atoms with Gasteiger partial charge in [0.05, 0.1) is 17.6 Å². The molecular formula is C23H25F5N6O3. The molecule has 37 heavy (non-hydrogen) atoms. The Kier molecular flexibility index (Phi) is 7.22. The fourth-order valence-electron chi connectivity index (χ4n) is 4.53. The van der Waals surface area contributed by atoms with Gasteiger partial charge in [-0.3, -0.25) is 14.6 Å². The van der Waals surface area contributed by atoms with E-state index in [2.05, 4.69) is 20.7 Å². The Morgan fingerprint density at radius 1 is 1.11 bits per heavy atom. The van der Waals surface area contributed by atoms with Gasteiger partial charge in [-0.1, -0.05) is 0 Å². The number of alkyl halides is 3. The van der Waals surface area contributed by atoms with Crippen molar-refractivity contribution in [1.82, 2.24) is 19.9 Å². The molecule has 1 aromatic carbocycles. The number of hydrogen-bond donors (Lipinski definition) is 3. The predicted octanol–water partition coefficient (Wildman–Crippen LogP) is 3.35. The van der Waals surface area contributed by atoms with Crippen LogP contribution in [0.3, 0.4) is 0 Å². The molecule has 1 saturated carbocycles. The summed E-state index contributed by atoms with van der Waals surface area (Å²) in [5.41, 5.74) is -3.44. The Bertz CT molecular complexity index is 1190.